The molecule has 11 nitrogen and oxygen atoms in total. The largest absolute Gasteiger partial charge is 0.492 e. The van der Waals surface area contributed by atoms with Crippen LogP contribution in [-0.4, -0.2) is 97.8 Å². The third-order valence-corrected chi connectivity index (χ3v) is 10.3. The molecule has 0 aliphatic carbocycles. The second-order valence-electron chi connectivity index (χ2n) is 11.5. The number of amides is 3. The first-order valence-corrected chi connectivity index (χ1v) is 15.4. The Kier molecular flexibility index (Phi) is 8.10. The summed E-state index contributed by atoms with van der Waals surface area (Å²) in [6.07, 6.45) is 2.30. The van der Waals surface area contributed by atoms with Crippen molar-refractivity contribution in [2.75, 3.05) is 39.5 Å². The number of aliphatic hydroxyl groups excluding tert-OH is 1. The van der Waals surface area contributed by atoms with Gasteiger partial charge in [0.25, 0.3) is 0 Å². The summed E-state index contributed by atoms with van der Waals surface area (Å²) >= 11 is 0. The maximum Gasteiger partial charge on any atom is 0.317 e. The van der Waals surface area contributed by atoms with Gasteiger partial charge in [0.1, 0.15) is 16.7 Å². The Morgan fingerprint density at radius 2 is 1.87 bits per heavy atom. The standard InChI is InChI=1S/C27H40N4O7S/c1-18(2)28-26(34)30-10-7-27(8-11-30)9-14-38-23-15-20(19-5-12-37-13-6-19)3-4-24(23)39(35,36)31-17-21(32)16-22(31)25(33)29-27/h3-4,15,18-19,21-22,32H,5-14,16-17H2,1-2H3,(H,28,34)(H,29,33)/t21-,22+/m1/s1. The highest BCUT2D eigenvalue weighted by Crippen LogP contribution is 2.38. The van der Waals surface area contributed by atoms with Crippen LogP contribution < -0.4 is 15.4 Å². The van der Waals surface area contributed by atoms with Crippen LogP contribution in [0.2, 0.25) is 0 Å². The SMILES string of the molecule is CC(C)NC(=O)N1CCC2(CCOc3cc(C4CCOCC4)ccc3S(=O)(=O)N3C[C@H](O)C[C@H]3C(=O)N2)CC1. The lowest BCUT2D eigenvalue weighted by Crippen LogP contribution is -2.60. The topological polar surface area (TPSA) is 138 Å². The fourth-order valence-corrected chi connectivity index (χ4v) is 7.91. The van der Waals surface area contributed by atoms with E-state index < -0.39 is 33.6 Å². The number of likely N-dealkylation sites (tertiary alicyclic amines) is 1. The number of nitrogens with zero attached hydrogens (tertiary/aromatic N) is 2. The van der Waals surface area contributed by atoms with Gasteiger partial charge in [-0.05, 0) is 63.1 Å². The van der Waals surface area contributed by atoms with E-state index in [9.17, 15) is 23.1 Å². The zero-order valence-corrected chi connectivity index (χ0v) is 23.5. The van der Waals surface area contributed by atoms with E-state index in [1.807, 2.05) is 26.0 Å². The molecule has 0 unspecified atom stereocenters. The number of benzene rings is 1. The minimum absolute atomic E-state index is 0.0151. The summed E-state index contributed by atoms with van der Waals surface area (Å²) in [7, 11) is -4.12. The van der Waals surface area contributed by atoms with Gasteiger partial charge >= 0.3 is 6.03 Å². The number of hydrogen-bond acceptors (Lipinski definition) is 7. The van der Waals surface area contributed by atoms with Crippen LogP contribution in [0.15, 0.2) is 23.1 Å². The lowest BCUT2D eigenvalue weighted by atomic mass is 9.84. The van der Waals surface area contributed by atoms with Crippen molar-refractivity contribution in [1.82, 2.24) is 19.8 Å². The molecule has 3 saturated heterocycles. The van der Waals surface area contributed by atoms with Crippen molar-refractivity contribution in [2.45, 2.75) is 86.9 Å². The monoisotopic (exact) mass is 564 g/mol. The van der Waals surface area contributed by atoms with E-state index in [0.29, 0.717) is 45.6 Å². The predicted molar refractivity (Wildman–Crippen MR) is 143 cm³/mol. The van der Waals surface area contributed by atoms with Gasteiger partial charge in [-0.15, -0.1) is 0 Å². The first-order valence-electron chi connectivity index (χ1n) is 14.0. The van der Waals surface area contributed by atoms with Gasteiger partial charge in [-0.1, -0.05) is 6.07 Å². The van der Waals surface area contributed by atoms with Gasteiger partial charge in [-0.2, -0.15) is 4.31 Å². The average Bonchev–Trinajstić information content (AvgIpc) is 3.31. The number of carbonyl (C=O) groups is 2. The molecule has 4 aliphatic rings. The number of hydrogen-bond donors (Lipinski definition) is 3. The van der Waals surface area contributed by atoms with Crippen LogP contribution in [0, 0.1) is 0 Å². The highest BCUT2D eigenvalue weighted by atomic mass is 32.2. The lowest BCUT2D eigenvalue weighted by molar-refractivity contribution is -0.127. The van der Waals surface area contributed by atoms with Crippen molar-refractivity contribution in [1.29, 1.82) is 0 Å². The molecular weight excluding hydrogens is 524 g/mol. The Balaban J connectivity index is 1.45. The summed E-state index contributed by atoms with van der Waals surface area (Å²) in [5.74, 6) is 0.112. The van der Waals surface area contributed by atoms with Crippen molar-refractivity contribution in [2.24, 2.45) is 0 Å². The Labute approximate surface area is 230 Å². The van der Waals surface area contributed by atoms with E-state index in [2.05, 4.69) is 10.6 Å². The zero-order valence-electron chi connectivity index (χ0n) is 22.7. The molecule has 0 saturated carbocycles. The zero-order chi connectivity index (χ0) is 27.8. The number of sulfonamides is 1. The Morgan fingerprint density at radius 1 is 1.15 bits per heavy atom. The Bertz CT molecular complexity index is 1180. The van der Waals surface area contributed by atoms with Gasteiger partial charge in [-0.3, -0.25) is 4.79 Å². The van der Waals surface area contributed by atoms with E-state index in [-0.39, 0.29) is 48.2 Å². The number of rotatable bonds is 2. The minimum Gasteiger partial charge on any atom is -0.492 e. The van der Waals surface area contributed by atoms with Crippen molar-refractivity contribution in [3.05, 3.63) is 23.8 Å². The van der Waals surface area contributed by atoms with E-state index in [1.165, 1.54) is 0 Å². The number of piperidine rings is 1. The number of nitrogens with one attached hydrogen (secondary N) is 2. The highest BCUT2D eigenvalue weighted by Gasteiger charge is 2.47. The molecule has 216 valence electrons. The molecule has 1 aromatic carbocycles. The summed E-state index contributed by atoms with van der Waals surface area (Å²) in [6.45, 7) is 6.12. The molecule has 1 spiro atoms. The molecule has 4 aliphatic heterocycles. The van der Waals surface area contributed by atoms with Crippen molar-refractivity contribution in [3.63, 3.8) is 0 Å². The predicted octanol–water partition coefficient (Wildman–Crippen LogP) is 1.56. The third kappa shape index (κ3) is 5.89. The molecule has 0 bridgehead atoms. The van der Waals surface area contributed by atoms with E-state index >= 15 is 0 Å². The fourth-order valence-electron chi connectivity index (χ4n) is 6.16. The first kappa shape index (κ1) is 28.1. The van der Waals surface area contributed by atoms with Crippen LogP contribution in [0.5, 0.6) is 5.75 Å². The van der Waals surface area contributed by atoms with E-state index in [1.54, 1.807) is 11.0 Å². The highest BCUT2D eigenvalue weighted by molar-refractivity contribution is 7.89. The van der Waals surface area contributed by atoms with E-state index in [4.69, 9.17) is 9.47 Å². The second kappa shape index (κ2) is 11.2. The second-order valence-corrected chi connectivity index (χ2v) is 13.4. The van der Waals surface area contributed by atoms with Gasteiger partial charge in [-0.25, -0.2) is 13.2 Å². The molecule has 39 heavy (non-hydrogen) atoms. The maximum absolute atomic E-state index is 13.9. The number of ether oxygens (including phenoxy) is 2. The molecule has 4 heterocycles. The van der Waals surface area contributed by atoms with Crippen LogP contribution >= 0.6 is 0 Å². The van der Waals surface area contributed by atoms with Crippen LogP contribution in [-0.2, 0) is 19.6 Å². The number of fused-ring (bicyclic) bond motifs is 2. The smallest absolute Gasteiger partial charge is 0.317 e. The van der Waals surface area contributed by atoms with Gasteiger partial charge in [0.15, 0.2) is 0 Å². The number of aliphatic hydroxyl groups is 1. The first-order chi connectivity index (χ1) is 18.6. The summed E-state index contributed by atoms with van der Waals surface area (Å²) in [4.78, 5) is 27.9. The molecule has 2 atom stereocenters. The summed E-state index contributed by atoms with van der Waals surface area (Å²) < 4.78 is 40.6. The molecular formula is C27H40N4O7S. The molecule has 3 amide bonds. The Hall–Kier alpha value is -2.41. The number of urea groups is 1. The summed E-state index contributed by atoms with van der Waals surface area (Å²) in [5, 5.41) is 16.5. The van der Waals surface area contributed by atoms with E-state index in [0.717, 1.165) is 22.7 Å². The normalized spacial score (nSPS) is 27.7. The molecule has 3 fully saturated rings. The van der Waals surface area contributed by atoms with Gasteiger partial charge in [0.2, 0.25) is 15.9 Å². The lowest BCUT2D eigenvalue weighted by Gasteiger charge is -2.43. The van der Waals surface area contributed by atoms with Crippen molar-refractivity contribution < 1.29 is 32.6 Å². The summed E-state index contributed by atoms with van der Waals surface area (Å²) in [6, 6.07) is 4.09. The van der Waals surface area contributed by atoms with Gasteiger partial charge in [0, 0.05) is 57.3 Å². The molecule has 5 rings (SSSR count). The maximum atomic E-state index is 13.9. The van der Waals surface area contributed by atoms with Crippen molar-refractivity contribution in [3.8, 4) is 5.75 Å². The number of carbonyl (C=O) groups excluding carboxylic acids is 2. The molecule has 12 heteroatoms. The quantitative estimate of drug-likeness (QED) is 0.496. The van der Waals surface area contributed by atoms with Gasteiger partial charge in [0.05, 0.1) is 12.7 Å². The van der Waals surface area contributed by atoms with Crippen LogP contribution in [0.25, 0.3) is 0 Å². The Morgan fingerprint density at radius 3 is 2.56 bits per heavy atom. The molecule has 0 radical (unpaired) electrons. The van der Waals surface area contributed by atoms with Gasteiger partial charge < -0.3 is 30.1 Å². The molecule has 0 aromatic heterocycles. The summed E-state index contributed by atoms with van der Waals surface area (Å²) in [5.41, 5.74) is 0.353. The minimum atomic E-state index is -4.12. The molecule has 1 aromatic rings. The molecule has 3 N–H and O–H groups in total. The van der Waals surface area contributed by atoms with Crippen LogP contribution in [0.1, 0.15) is 63.9 Å². The van der Waals surface area contributed by atoms with Crippen molar-refractivity contribution >= 4 is 22.0 Å². The van der Waals surface area contributed by atoms with Crippen LogP contribution in [0.3, 0.4) is 0 Å². The third-order valence-electron chi connectivity index (χ3n) is 8.43. The van der Waals surface area contributed by atoms with Crippen LogP contribution in [0.4, 0.5) is 4.79 Å². The fraction of sp³-hybridized carbons (Fsp3) is 0.704. The average molecular weight is 565 g/mol.